The Balaban J connectivity index is 1.74. The molecule has 0 saturated heterocycles. The van der Waals surface area contributed by atoms with Crippen LogP contribution < -0.4 is 5.32 Å². The number of rotatable bonds is 4. The highest BCUT2D eigenvalue weighted by atomic mass is 15.1. The van der Waals surface area contributed by atoms with Gasteiger partial charge in [0.25, 0.3) is 0 Å². The summed E-state index contributed by atoms with van der Waals surface area (Å²) in [6.07, 6.45) is 9.32. The summed E-state index contributed by atoms with van der Waals surface area (Å²) < 4.78 is 0. The van der Waals surface area contributed by atoms with Gasteiger partial charge in [-0.2, -0.15) is 5.10 Å². The Bertz CT molecular complexity index is 239. The van der Waals surface area contributed by atoms with Gasteiger partial charge in [-0.1, -0.05) is 19.3 Å². The van der Waals surface area contributed by atoms with Crippen molar-refractivity contribution >= 4 is 5.69 Å². The Kier molecular flexibility index (Phi) is 2.52. The van der Waals surface area contributed by atoms with Crippen LogP contribution in [0, 0.1) is 5.92 Å². The number of aromatic nitrogens is 2. The molecule has 0 aromatic carbocycles. The van der Waals surface area contributed by atoms with Crippen molar-refractivity contribution < 1.29 is 0 Å². The van der Waals surface area contributed by atoms with Gasteiger partial charge in [0, 0.05) is 12.2 Å². The maximum absolute atomic E-state index is 3.90. The first-order valence-corrected chi connectivity index (χ1v) is 5.10. The predicted molar refractivity (Wildman–Crippen MR) is 53.6 cm³/mol. The van der Waals surface area contributed by atoms with Crippen LogP contribution in [0.2, 0.25) is 0 Å². The number of nitrogens with one attached hydrogen (secondary N) is 2. The minimum absolute atomic E-state index is 0.572. The van der Waals surface area contributed by atoms with E-state index in [9.17, 15) is 0 Å². The molecule has 0 spiro atoms. The maximum Gasteiger partial charge on any atom is 0.0725 e. The molecular formula is C10H17N3. The maximum atomic E-state index is 3.90. The third kappa shape index (κ3) is 2.23. The van der Waals surface area contributed by atoms with E-state index in [1.807, 2.05) is 12.4 Å². The highest BCUT2D eigenvalue weighted by Gasteiger charge is 2.19. The van der Waals surface area contributed by atoms with Gasteiger partial charge >= 0.3 is 0 Å². The zero-order valence-electron chi connectivity index (χ0n) is 8.09. The van der Waals surface area contributed by atoms with E-state index in [0.29, 0.717) is 6.04 Å². The summed E-state index contributed by atoms with van der Waals surface area (Å²) in [7, 11) is 0. The molecule has 72 valence electrons. The van der Waals surface area contributed by atoms with Crippen LogP contribution in [0.5, 0.6) is 0 Å². The van der Waals surface area contributed by atoms with Crippen LogP contribution in [-0.2, 0) is 0 Å². The SMILES string of the molecule is CC(CC1CCC1)Nc1cn[nH]c1. The van der Waals surface area contributed by atoms with Gasteiger partial charge in [-0.05, 0) is 19.3 Å². The molecule has 1 heterocycles. The molecule has 0 aliphatic heterocycles. The summed E-state index contributed by atoms with van der Waals surface area (Å²) in [5.41, 5.74) is 1.10. The lowest BCUT2D eigenvalue weighted by Crippen LogP contribution is -2.23. The summed E-state index contributed by atoms with van der Waals surface area (Å²) in [4.78, 5) is 0. The van der Waals surface area contributed by atoms with Crippen LogP contribution in [0.3, 0.4) is 0 Å². The van der Waals surface area contributed by atoms with Gasteiger partial charge in [0.15, 0.2) is 0 Å². The first-order valence-electron chi connectivity index (χ1n) is 5.10. The van der Waals surface area contributed by atoms with Crippen molar-refractivity contribution in [1.82, 2.24) is 10.2 Å². The molecule has 1 atom stereocenters. The number of H-pyrrole nitrogens is 1. The third-order valence-corrected chi connectivity index (χ3v) is 2.82. The largest absolute Gasteiger partial charge is 0.380 e. The normalized spacial score (nSPS) is 19.5. The Morgan fingerprint density at radius 3 is 3.08 bits per heavy atom. The summed E-state index contributed by atoms with van der Waals surface area (Å²) >= 11 is 0. The van der Waals surface area contributed by atoms with E-state index in [1.54, 1.807) is 0 Å². The number of anilines is 1. The smallest absolute Gasteiger partial charge is 0.0725 e. The standard InChI is InChI=1S/C10H17N3/c1-8(5-9-3-2-4-9)13-10-6-11-12-7-10/h6-9,13H,2-5H2,1H3,(H,11,12). The van der Waals surface area contributed by atoms with Gasteiger partial charge in [0.2, 0.25) is 0 Å². The fraction of sp³-hybridized carbons (Fsp3) is 0.700. The van der Waals surface area contributed by atoms with E-state index in [4.69, 9.17) is 0 Å². The Labute approximate surface area is 78.9 Å². The lowest BCUT2D eigenvalue weighted by atomic mass is 9.81. The Morgan fingerprint density at radius 2 is 2.54 bits per heavy atom. The Morgan fingerprint density at radius 1 is 1.69 bits per heavy atom. The molecule has 1 unspecified atom stereocenters. The van der Waals surface area contributed by atoms with Gasteiger partial charge in [-0.15, -0.1) is 0 Å². The van der Waals surface area contributed by atoms with Crippen molar-refractivity contribution in [2.45, 2.75) is 38.6 Å². The van der Waals surface area contributed by atoms with E-state index in [1.165, 1.54) is 25.7 Å². The average molecular weight is 179 g/mol. The summed E-state index contributed by atoms with van der Waals surface area (Å²) in [5, 5.41) is 10.1. The van der Waals surface area contributed by atoms with Crippen LogP contribution in [-0.4, -0.2) is 16.2 Å². The molecule has 1 aromatic rings. The molecule has 0 amide bonds. The zero-order chi connectivity index (χ0) is 9.10. The molecule has 0 radical (unpaired) electrons. The van der Waals surface area contributed by atoms with Gasteiger partial charge < -0.3 is 5.32 Å². The van der Waals surface area contributed by atoms with E-state index >= 15 is 0 Å². The molecular weight excluding hydrogens is 162 g/mol. The van der Waals surface area contributed by atoms with Crippen LogP contribution in [0.1, 0.15) is 32.6 Å². The van der Waals surface area contributed by atoms with E-state index in [0.717, 1.165) is 11.6 Å². The molecule has 1 aliphatic rings. The van der Waals surface area contributed by atoms with Crippen molar-refractivity contribution in [2.75, 3.05) is 5.32 Å². The minimum atomic E-state index is 0.572. The van der Waals surface area contributed by atoms with Crippen molar-refractivity contribution in [3.05, 3.63) is 12.4 Å². The van der Waals surface area contributed by atoms with Gasteiger partial charge in [-0.25, -0.2) is 0 Å². The lowest BCUT2D eigenvalue weighted by molar-refractivity contribution is 0.286. The summed E-state index contributed by atoms with van der Waals surface area (Å²) in [6, 6.07) is 0.572. The third-order valence-electron chi connectivity index (χ3n) is 2.82. The topological polar surface area (TPSA) is 40.7 Å². The lowest BCUT2D eigenvalue weighted by Gasteiger charge is -2.28. The van der Waals surface area contributed by atoms with Crippen LogP contribution in [0.15, 0.2) is 12.4 Å². The van der Waals surface area contributed by atoms with Crippen molar-refractivity contribution in [3.63, 3.8) is 0 Å². The fourth-order valence-electron chi connectivity index (χ4n) is 1.90. The fourth-order valence-corrected chi connectivity index (χ4v) is 1.90. The molecule has 2 rings (SSSR count). The predicted octanol–water partition coefficient (Wildman–Crippen LogP) is 2.40. The average Bonchev–Trinajstić information content (AvgIpc) is 2.49. The molecule has 1 saturated carbocycles. The van der Waals surface area contributed by atoms with Crippen LogP contribution >= 0.6 is 0 Å². The number of hydrogen-bond donors (Lipinski definition) is 2. The molecule has 13 heavy (non-hydrogen) atoms. The first-order chi connectivity index (χ1) is 6.34. The van der Waals surface area contributed by atoms with Crippen LogP contribution in [0.4, 0.5) is 5.69 Å². The second-order valence-electron chi connectivity index (χ2n) is 4.06. The highest BCUT2D eigenvalue weighted by molar-refractivity contribution is 5.38. The van der Waals surface area contributed by atoms with Gasteiger partial charge in [0.1, 0.15) is 0 Å². The summed E-state index contributed by atoms with van der Waals surface area (Å²) in [6.45, 7) is 2.24. The minimum Gasteiger partial charge on any atom is -0.380 e. The van der Waals surface area contributed by atoms with E-state index in [-0.39, 0.29) is 0 Å². The highest BCUT2D eigenvalue weighted by Crippen LogP contribution is 2.30. The quantitative estimate of drug-likeness (QED) is 0.745. The van der Waals surface area contributed by atoms with Crippen LogP contribution in [0.25, 0.3) is 0 Å². The monoisotopic (exact) mass is 179 g/mol. The second-order valence-corrected chi connectivity index (χ2v) is 4.06. The molecule has 0 bridgehead atoms. The number of hydrogen-bond acceptors (Lipinski definition) is 2. The molecule has 3 nitrogen and oxygen atoms in total. The van der Waals surface area contributed by atoms with E-state index in [2.05, 4.69) is 22.4 Å². The number of nitrogens with zero attached hydrogens (tertiary/aromatic N) is 1. The van der Waals surface area contributed by atoms with E-state index < -0.39 is 0 Å². The van der Waals surface area contributed by atoms with Crippen molar-refractivity contribution in [1.29, 1.82) is 0 Å². The zero-order valence-corrected chi connectivity index (χ0v) is 8.09. The van der Waals surface area contributed by atoms with Gasteiger partial charge in [-0.3, -0.25) is 5.10 Å². The molecule has 2 N–H and O–H groups in total. The first kappa shape index (κ1) is 8.60. The molecule has 1 fully saturated rings. The van der Waals surface area contributed by atoms with Crippen molar-refractivity contribution in [3.8, 4) is 0 Å². The van der Waals surface area contributed by atoms with Gasteiger partial charge in [0.05, 0.1) is 11.9 Å². The Hall–Kier alpha value is -0.990. The molecule has 3 heteroatoms. The number of aromatic amines is 1. The second kappa shape index (κ2) is 3.81. The molecule has 1 aromatic heterocycles. The molecule has 1 aliphatic carbocycles. The summed E-state index contributed by atoms with van der Waals surface area (Å²) in [5.74, 6) is 0.967. The van der Waals surface area contributed by atoms with Crippen molar-refractivity contribution in [2.24, 2.45) is 5.92 Å².